The van der Waals surface area contributed by atoms with Gasteiger partial charge in [0.05, 0.1) is 18.8 Å². The molecule has 172 valence electrons. The van der Waals surface area contributed by atoms with Crippen molar-refractivity contribution >= 4 is 17.5 Å². The van der Waals surface area contributed by atoms with Gasteiger partial charge in [0.15, 0.2) is 11.5 Å². The van der Waals surface area contributed by atoms with Crippen LogP contribution in [-0.4, -0.2) is 52.8 Å². The number of hydrogen-bond donors (Lipinski definition) is 1. The van der Waals surface area contributed by atoms with Gasteiger partial charge in [-0.25, -0.2) is 0 Å². The van der Waals surface area contributed by atoms with E-state index in [-0.39, 0.29) is 11.8 Å². The van der Waals surface area contributed by atoms with Gasteiger partial charge in [-0.15, -0.1) is 0 Å². The summed E-state index contributed by atoms with van der Waals surface area (Å²) in [6.45, 7) is 6.32. The van der Waals surface area contributed by atoms with Gasteiger partial charge in [-0.3, -0.25) is 14.3 Å². The number of fused-ring (bicyclic) bond motifs is 1. The van der Waals surface area contributed by atoms with Crippen LogP contribution in [0.25, 0.3) is 11.3 Å². The van der Waals surface area contributed by atoms with Gasteiger partial charge in [-0.2, -0.15) is 5.10 Å². The summed E-state index contributed by atoms with van der Waals surface area (Å²) in [6.07, 6.45) is 2.50. The summed E-state index contributed by atoms with van der Waals surface area (Å²) in [6, 6.07) is 12.5. The van der Waals surface area contributed by atoms with Crippen LogP contribution < -0.4 is 14.8 Å². The molecule has 4 rings (SSSR count). The minimum atomic E-state index is -0.308. The number of rotatable bonds is 6. The molecule has 2 aromatic carbocycles. The van der Waals surface area contributed by atoms with Gasteiger partial charge in [0, 0.05) is 49.6 Å². The third-order valence-electron chi connectivity index (χ3n) is 5.51. The number of nitrogens with one attached hydrogen (secondary N) is 1. The maximum Gasteiger partial charge on any atom is 0.259 e. The van der Waals surface area contributed by atoms with E-state index in [1.54, 1.807) is 47.1 Å². The summed E-state index contributed by atoms with van der Waals surface area (Å²) in [5.41, 5.74) is 2.81. The van der Waals surface area contributed by atoms with E-state index in [0.29, 0.717) is 60.3 Å². The first-order valence-electron chi connectivity index (χ1n) is 11.1. The molecule has 0 aliphatic carbocycles. The molecule has 8 heteroatoms. The molecule has 1 aromatic heterocycles. The van der Waals surface area contributed by atoms with E-state index in [9.17, 15) is 9.59 Å². The average Bonchev–Trinajstić information content (AvgIpc) is 3.06. The Kier molecular flexibility index (Phi) is 6.63. The Morgan fingerprint density at radius 3 is 2.58 bits per heavy atom. The fourth-order valence-corrected chi connectivity index (χ4v) is 3.80. The number of amides is 2. The Hall–Kier alpha value is -3.81. The van der Waals surface area contributed by atoms with Crippen molar-refractivity contribution in [2.24, 2.45) is 7.05 Å². The lowest BCUT2D eigenvalue weighted by Crippen LogP contribution is -2.30. The highest BCUT2D eigenvalue weighted by Crippen LogP contribution is 2.35. The molecule has 2 amide bonds. The van der Waals surface area contributed by atoms with Crippen LogP contribution in [0, 0.1) is 0 Å². The molecule has 0 saturated heterocycles. The molecule has 3 aromatic rings. The number of aromatic nitrogens is 2. The quantitative estimate of drug-likeness (QED) is 0.616. The molecule has 8 nitrogen and oxygen atoms in total. The van der Waals surface area contributed by atoms with Crippen LogP contribution in [0.2, 0.25) is 0 Å². The lowest BCUT2D eigenvalue weighted by atomic mass is 10.1. The molecular formula is C25H28N4O4. The van der Waals surface area contributed by atoms with Crippen LogP contribution in [0.3, 0.4) is 0 Å². The van der Waals surface area contributed by atoms with Gasteiger partial charge in [0.2, 0.25) is 0 Å². The van der Waals surface area contributed by atoms with Gasteiger partial charge in [-0.1, -0.05) is 6.07 Å². The lowest BCUT2D eigenvalue weighted by Gasteiger charge is -2.19. The molecule has 0 bridgehead atoms. The molecule has 0 fully saturated rings. The van der Waals surface area contributed by atoms with Crippen molar-refractivity contribution in [3.8, 4) is 22.8 Å². The van der Waals surface area contributed by atoms with E-state index < -0.39 is 0 Å². The topological polar surface area (TPSA) is 85.7 Å². The maximum absolute atomic E-state index is 13.2. The SMILES string of the molecule is CCN(CC)C(=O)c1cccc(NC(=O)c2cn(C)nc2-c2ccc3c(c2)OCCCO3)c1. The Bertz CT molecular complexity index is 1170. The molecule has 0 spiro atoms. The third-order valence-corrected chi connectivity index (χ3v) is 5.51. The van der Waals surface area contributed by atoms with Gasteiger partial charge in [0.1, 0.15) is 5.69 Å². The van der Waals surface area contributed by atoms with E-state index in [1.165, 1.54) is 0 Å². The zero-order valence-electron chi connectivity index (χ0n) is 19.1. The summed E-state index contributed by atoms with van der Waals surface area (Å²) in [4.78, 5) is 27.6. The van der Waals surface area contributed by atoms with Crippen LogP contribution in [0.4, 0.5) is 5.69 Å². The fraction of sp³-hybridized carbons (Fsp3) is 0.320. The first kappa shape index (κ1) is 22.4. The normalized spacial score (nSPS) is 12.7. The van der Waals surface area contributed by atoms with Crippen molar-refractivity contribution in [2.75, 3.05) is 31.6 Å². The molecule has 0 radical (unpaired) electrons. The van der Waals surface area contributed by atoms with Gasteiger partial charge < -0.3 is 19.7 Å². The number of aryl methyl sites for hydroxylation is 1. The molecule has 33 heavy (non-hydrogen) atoms. The standard InChI is InChI=1S/C25H28N4O4/c1-4-29(5-2)25(31)18-8-6-9-19(14-18)26-24(30)20-16-28(3)27-23(20)17-10-11-21-22(15-17)33-13-7-12-32-21/h6,8-11,14-16H,4-5,7,12-13H2,1-3H3,(H,26,30). The molecular weight excluding hydrogens is 420 g/mol. The largest absolute Gasteiger partial charge is 0.490 e. The Balaban J connectivity index is 1.59. The van der Waals surface area contributed by atoms with Crippen molar-refractivity contribution in [2.45, 2.75) is 20.3 Å². The number of hydrogen-bond acceptors (Lipinski definition) is 5. The van der Waals surface area contributed by atoms with Crippen molar-refractivity contribution in [3.05, 3.63) is 59.8 Å². The summed E-state index contributed by atoms with van der Waals surface area (Å²) in [5.74, 6) is 0.959. The lowest BCUT2D eigenvalue weighted by molar-refractivity contribution is 0.0772. The maximum atomic E-state index is 13.2. The van der Waals surface area contributed by atoms with E-state index in [0.717, 1.165) is 12.0 Å². The Labute approximate surface area is 193 Å². The van der Waals surface area contributed by atoms with Crippen molar-refractivity contribution < 1.29 is 19.1 Å². The second-order valence-corrected chi connectivity index (χ2v) is 7.79. The summed E-state index contributed by atoms with van der Waals surface area (Å²) in [7, 11) is 1.77. The average molecular weight is 449 g/mol. The predicted octanol–water partition coefficient (Wildman–Crippen LogP) is 3.98. The molecule has 0 unspecified atom stereocenters. The second kappa shape index (κ2) is 9.77. The molecule has 0 saturated carbocycles. The predicted molar refractivity (Wildman–Crippen MR) is 126 cm³/mol. The van der Waals surface area contributed by atoms with Gasteiger partial charge in [0.25, 0.3) is 11.8 Å². The van der Waals surface area contributed by atoms with Crippen molar-refractivity contribution in [1.29, 1.82) is 0 Å². The third kappa shape index (κ3) is 4.84. The Morgan fingerprint density at radius 2 is 1.82 bits per heavy atom. The van der Waals surface area contributed by atoms with Crippen LogP contribution in [0.1, 0.15) is 41.0 Å². The zero-order chi connectivity index (χ0) is 23.4. The van der Waals surface area contributed by atoms with E-state index in [1.807, 2.05) is 32.0 Å². The first-order valence-corrected chi connectivity index (χ1v) is 11.1. The number of ether oxygens (including phenoxy) is 2. The minimum absolute atomic E-state index is 0.0645. The van der Waals surface area contributed by atoms with Crippen molar-refractivity contribution in [3.63, 3.8) is 0 Å². The number of carbonyl (C=O) groups excluding carboxylic acids is 2. The molecule has 2 heterocycles. The van der Waals surface area contributed by atoms with Crippen molar-refractivity contribution in [1.82, 2.24) is 14.7 Å². The highest BCUT2D eigenvalue weighted by Gasteiger charge is 2.20. The molecule has 1 aliphatic rings. The molecule has 1 aliphatic heterocycles. The van der Waals surface area contributed by atoms with Crippen LogP contribution in [-0.2, 0) is 7.05 Å². The number of nitrogens with zero attached hydrogens (tertiary/aromatic N) is 3. The summed E-state index contributed by atoms with van der Waals surface area (Å²) in [5, 5.41) is 7.41. The minimum Gasteiger partial charge on any atom is -0.490 e. The number of carbonyl (C=O) groups is 2. The number of anilines is 1. The Morgan fingerprint density at radius 1 is 1.06 bits per heavy atom. The van der Waals surface area contributed by atoms with Crippen LogP contribution in [0.5, 0.6) is 11.5 Å². The fourth-order valence-electron chi connectivity index (χ4n) is 3.80. The highest BCUT2D eigenvalue weighted by molar-refractivity contribution is 6.08. The summed E-state index contributed by atoms with van der Waals surface area (Å²) < 4.78 is 13.1. The van der Waals surface area contributed by atoms with Gasteiger partial charge in [-0.05, 0) is 50.2 Å². The zero-order valence-corrected chi connectivity index (χ0v) is 19.1. The summed E-state index contributed by atoms with van der Waals surface area (Å²) >= 11 is 0. The van der Waals surface area contributed by atoms with E-state index >= 15 is 0 Å². The highest BCUT2D eigenvalue weighted by atomic mass is 16.5. The van der Waals surface area contributed by atoms with E-state index in [4.69, 9.17) is 9.47 Å². The monoisotopic (exact) mass is 448 g/mol. The second-order valence-electron chi connectivity index (χ2n) is 7.79. The van der Waals surface area contributed by atoms with Crippen LogP contribution >= 0.6 is 0 Å². The number of benzene rings is 2. The molecule has 1 N–H and O–H groups in total. The van der Waals surface area contributed by atoms with Gasteiger partial charge >= 0.3 is 0 Å². The van der Waals surface area contributed by atoms with Crippen LogP contribution in [0.15, 0.2) is 48.7 Å². The smallest absolute Gasteiger partial charge is 0.259 e. The first-order chi connectivity index (χ1) is 16.0. The molecule has 0 atom stereocenters. The van der Waals surface area contributed by atoms with E-state index in [2.05, 4.69) is 10.4 Å².